The van der Waals surface area contributed by atoms with Crippen LogP contribution in [0.15, 0.2) is 22.6 Å². The summed E-state index contributed by atoms with van der Waals surface area (Å²) in [5.41, 5.74) is 0.476. The molecule has 1 rings (SSSR count). The van der Waals surface area contributed by atoms with E-state index in [1.807, 2.05) is 0 Å². The van der Waals surface area contributed by atoms with Gasteiger partial charge in [-0.3, -0.25) is 0 Å². The van der Waals surface area contributed by atoms with Crippen molar-refractivity contribution in [2.24, 2.45) is 4.36 Å². The smallest absolute Gasteiger partial charge is 0.0930 e. The lowest BCUT2D eigenvalue weighted by Gasteiger charge is -1.99. The fourth-order valence-electron chi connectivity index (χ4n) is 0.793. The van der Waals surface area contributed by atoms with E-state index in [-0.39, 0.29) is 0 Å². The highest BCUT2D eigenvalue weighted by molar-refractivity contribution is 7.92. The Bertz CT molecular complexity index is 428. The Morgan fingerprint density at radius 3 is 2.46 bits per heavy atom. The Labute approximate surface area is 88.0 Å². The molecule has 0 saturated carbocycles. The number of benzene rings is 1. The van der Waals surface area contributed by atoms with Crippen molar-refractivity contribution in [2.75, 3.05) is 12.5 Å². The predicted molar refractivity (Wildman–Crippen MR) is 58.5 cm³/mol. The molecule has 0 heterocycles. The van der Waals surface area contributed by atoms with E-state index in [2.05, 4.69) is 4.36 Å². The lowest BCUT2D eigenvalue weighted by atomic mass is 10.3. The largest absolute Gasteiger partial charge is 0.250 e. The van der Waals surface area contributed by atoms with Gasteiger partial charge < -0.3 is 0 Å². The first-order chi connectivity index (χ1) is 5.88. The average molecular weight is 238 g/mol. The van der Waals surface area contributed by atoms with Crippen LogP contribution in [0.25, 0.3) is 0 Å². The standard InChI is InChI=1S/C8H9Cl2NOS/c1-13(2,12)11-8-5-6(9)3-4-7(8)10/h3-5H,1-2H3. The molecule has 0 atom stereocenters. The summed E-state index contributed by atoms with van der Waals surface area (Å²) in [7, 11) is -2.18. The van der Waals surface area contributed by atoms with Crippen LogP contribution in [0.4, 0.5) is 5.69 Å². The van der Waals surface area contributed by atoms with E-state index in [9.17, 15) is 4.21 Å². The van der Waals surface area contributed by atoms with Gasteiger partial charge in [0.25, 0.3) is 0 Å². The van der Waals surface area contributed by atoms with Crippen molar-refractivity contribution in [1.29, 1.82) is 0 Å². The molecule has 0 unspecified atom stereocenters. The quantitative estimate of drug-likeness (QED) is 0.737. The van der Waals surface area contributed by atoms with Crippen LogP contribution in [0.3, 0.4) is 0 Å². The van der Waals surface area contributed by atoms with Crippen molar-refractivity contribution >= 4 is 38.6 Å². The van der Waals surface area contributed by atoms with Crippen LogP contribution in [0, 0.1) is 0 Å². The second-order valence-corrected chi connectivity index (χ2v) is 6.26. The molecule has 1 aromatic rings. The van der Waals surface area contributed by atoms with E-state index in [1.54, 1.807) is 30.7 Å². The molecule has 0 aromatic heterocycles. The molecular formula is C8H9Cl2NOS. The first kappa shape index (κ1) is 10.8. The molecule has 0 radical (unpaired) electrons. The number of nitrogens with zero attached hydrogens (tertiary/aromatic N) is 1. The molecule has 0 aliphatic heterocycles. The highest BCUT2D eigenvalue weighted by Gasteiger charge is 2.01. The monoisotopic (exact) mass is 237 g/mol. The molecule has 0 saturated heterocycles. The Kier molecular flexibility index (Phi) is 3.22. The van der Waals surface area contributed by atoms with Gasteiger partial charge >= 0.3 is 0 Å². The first-order valence-electron chi connectivity index (χ1n) is 3.51. The Morgan fingerprint density at radius 1 is 1.31 bits per heavy atom. The summed E-state index contributed by atoms with van der Waals surface area (Å²) in [6.45, 7) is 0. The van der Waals surface area contributed by atoms with Gasteiger partial charge in [0.2, 0.25) is 0 Å². The Hall–Kier alpha value is -0.250. The third kappa shape index (κ3) is 3.55. The van der Waals surface area contributed by atoms with E-state index < -0.39 is 9.73 Å². The number of rotatable bonds is 1. The molecule has 0 amide bonds. The van der Waals surface area contributed by atoms with Crippen LogP contribution in [0.5, 0.6) is 0 Å². The van der Waals surface area contributed by atoms with Gasteiger partial charge in [-0.1, -0.05) is 23.2 Å². The van der Waals surface area contributed by atoms with Crippen molar-refractivity contribution in [3.63, 3.8) is 0 Å². The van der Waals surface area contributed by atoms with Gasteiger partial charge in [-0.2, -0.15) is 4.36 Å². The van der Waals surface area contributed by atoms with Crippen LogP contribution in [0.2, 0.25) is 10.0 Å². The maximum absolute atomic E-state index is 11.4. The lowest BCUT2D eigenvalue weighted by Crippen LogP contribution is -1.89. The summed E-state index contributed by atoms with van der Waals surface area (Å²) < 4.78 is 15.3. The topological polar surface area (TPSA) is 29.4 Å². The molecular weight excluding hydrogens is 229 g/mol. The van der Waals surface area contributed by atoms with E-state index in [1.165, 1.54) is 0 Å². The fourth-order valence-corrected chi connectivity index (χ4v) is 1.79. The van der Waals surface area contributed by atoms with Crippen molar-refractivity contribution in [3.05, 3.63) is 28.2 Å². The lowest BCUT2D eigenvalue weighted by molar-refractivity contribution is 0.684. The molecule has 0 aliphatic carbocycles. The SMILES string of the molecule is CS(C)(=O)=Nc1cc(Cl)ccc1Cl. The maximum Gasteiger partial charge on any atom is 0.0930 e. The summed E-state index contributed by atoms with van der Waals surface area (Å²) in [6, 6.07) is 4.89. The number of hydrogen-bond acceptors (Lipinski definition) is 2. The summed E-state index contributed by atoms with van der Waals surface area (Å²) in [5, 5.41) is 0.993. The zero-order chi connectivity index (χ0) is 10.1. The minimum atomic E-state index is -2.18. The summed E-state index contributed by atoms with van der Waals surface area (Å²) in [5.74, 6) is 0. The third-order valence-corrected chi connectivity index (χ3v) is 2.42. The second-order valence-electron chi connectivity index (χ2n) is 2.87. The van der Waals surface area contributed by atoms with Crippen LogP contribution in [0.1, 0.15) is 0 Å². The van der Waals surface area contributed by atoms with Gasteiger partial charge in [-0.25, -0.2) is 4.21 Å². The highest BCUT2D eigenvalue weighted by Crippen LogP contribution is 2.28. The van der Waals surface area contributed by atoms with Gasteiger partial charge in [-0.15, -0.1) is 0 Å². The van der Waals surface area contributed by atoms with E-state index in [0.717, 1.165) is 0 Å². The van der Waals surface area contributed by atoms with Crippen LogP contribution in [-0.4, -0.2) is 16.7 Å². The molecule has 1 aromatic carbocycles. The molecule has 2 nitrogen and oxygen atoms in total. The summed E-state index contributed by atoms with van der Waals surface area (Å²) >= 11 is 11.6. The molecule has 5 heteroatoms. The second kappa shape index (κ2) is 3.86. The van der Waals surface area contributed by atoms with Gasteiger partial charge in [0.15, 0.2) is 0 Å². The minimum Gasteiger partial charge on any atom is -0.250 e. The van der Waals surface area contributed by atoms with Gasteiger partial charge in [0.05, 0.1) is 10.7 Å². The minimum absolute atomic E-state index is 0.459. The van der Waals surface area contributed by atoms with Crippen LogP contribution >= 0.6 is 23.2 Å². The van der Waals surface area contributed by atoms with Crippen LogP contribution < -0.4 is 0 Å². The van der Waals surface area contributed by atoms with E-state index >= 15 is 0 Å². The van der Waals surface area contributed by atoms with Crippen molar-refractivity contribution in [1.82, 2.24) is 0 Å². The normalized spacial score (nSPS) is 11.4. The first-order valence-corrected chi connectivity index (χ1v) is 6.59. The molecule has 13 heavy (non-hydrogen) atoms. The van der Waals surface area contributed by atoms with E-state index in [4.69, 9.17) is 23.2 Å². The predicted octanol–water partition coefficient (Wildman–Crippen LogP) is 3.35. The number of hydrogen-bond donors (Lipinski definition) is 0. The highest BCUT2D eigenvalue weighted by atomic mass is 35.5. The summed E-state index contributed by atoms with van der Waals surface area (Å²) in [6.07, 6.45) is 3.09. The molecule has 0 bridgehead atoms. The zero-order valence-corrected chi connectivity index (χ0v) is 9.58. The number of halogens is 2. The van der Waals surface area contributed by atoms with Crippen LogP contribution in [-0.2, 0) is 9.73 Å². The van der Waals surface area contributed by atoms with Gasteiger partial charge in [0, 0.05) is 27.3 Å². The Balaban J connectivity index is 3.31. The van der Waals surface area contributed by atoms with Gasteiger partial charge in [0.1, 0.15) is 0 Å². The molecule has 0 spiro atoms. The Morgan fingerprint density at radius 2 is 1.92 bits per heavy atom. The van der Waals surface area contributed by atoms with Crippen molar-refractivity contribution in [3.8, 4) is 0 Å². The fraction of sp³-hybridized carbons (Fsp3) is 0.250. The van der Waals surface area contributed by atoms with Crippen molar-refractivity contribution < 1.29 is 4.21 Å². The molecule has 0 N–H and O–H groups in total. The third-order valence-electron chi connectivity index (χ3n) is 1.23. The maximum atomic E-state index is 11.4. The molecule has 0 fully saturated rings. The summed E-state index contributed by atoms with van der Waals surface area (Å²) in [4.78, 5) is 0. The molecule has 72 valence electrons. The average Bonchev–Trinajstić information content (AvgIpc) is 1.94. The van der Waals surface area contributed by atoms with Gasteiger partial charge in [-0.05, 0) is 18.2 Å². The zero-order valence-electron chi connectivity index (χ0n) is 7.25. The van der Waals surface area contributed by atoms with Crippen molar-refractivity contribution in [2.45, 2.75) is 0 Å². The van der Waals surface area contributed by atoms with E-state index in [0.29, 0.717) is 15.7 Å². The molecule has 0 aliphatic rings.